The zero-order valence-corrected chi connectivity index (χ0v) is 22.1. The van der Waals surface area contributed by atoms with Crippen LogP contribution in [0.1, 0.15) is 36.5 Å². The summed E-state index contributed by atoms with van der Waals surface area (Å²) < 4.78 is 0. The Bertz CT molecular complexity index is 1290. The number of aryl methyl sites for hydroxylation is 1. The van der Waals surface area contributed by atoms with Crippen molar-refractivity contribution in [2.45, 2.75) is 37.5 Å². The fraction of sp³-hybridized carbons (Fsp3) is 0.355. The third-order valence-corrected chi connectivity index (χ3v) is 9.47. The molecule has 1 atom stereocenters. The largest absolute Gasteiger partial charge is 0.295 e. The Morgan fingerprint density at radius 2 is 1.57 bits per heavy atom. The normalized spacial score (nSPS) is 22.3. The van der Waals surface area contributed by atoms with E-state index in [4.69, 9.17) is 0 Å². The van der Waals surface area contributed by atoms with Gasteiger partial charge in [0.15, 0.2) is 0 Å². The van der Waals surface area contributed by atoms with E-state index in [0.717, 1.165) is 55.7 Å². The quantitative estimate of drug-likeness (QED) is 0.442. The Labute approximate surface area is 223 Å². The minimum Gasteiger partial charge on any atom is -0.295 e. The lowest BCUT2D eigenvalue weighted by molar-refractivity contribution is -0.124. The van der Waals surface area contributed by atoms with Crippen LogP contribution in [0, 0.1) is 5.92 Å². The van der Waals surface area contributed by atoms with E-state index in [1.165, 1.54) is 22.9 Å². The highest BCUT2D eigenvalue weighted by molar-refractivity contribution is 8.02. The van der Waals surface area contributed by atoms with E-state index in [1.807, 2.05) is 41.3 Å². The molecule has 1 unspecified atom stereocenters. The molecular weight excluding hydrogens is 478 g/mol. The third kappa shape index (κ3) is 4.26. The topological polar surface area (TPSA) is 43.9 Å². The first-order valence-corrected chi connectivity index (χ1v) is 14.3. The number of carbonyl (C=O) groups excluding carboxylic acids is 2. The first kappa shape index (κ1) is 24.3. The van der Waals surface area contributed by atoms with E-state index in [1.54, 1.807) is 4.90 Å². The monoisotopic (exact) mass is 511 g/mol. The molecule has 2 saturated heterocycles. The second-order valence-corrected chi connectivity index (χ2v) is 11.5. The molecule has 3 aliphatic rings. The minimum absolute atomic E-state index is 0.00414. The number of benzene rings is 3. The SMILES string of the molecule is CCc1ccc(N2C(=O)CSC23C(=O)N(CN2CCC(Cc4ccccc4)CC2)c2ccccc23)cc1. The van der Waals surface area contributed by atoms with Gasteiger partial charge in [-0.1, -0.05) is 67.6 Å². The number of piperidine rings is 1. The van der Waals surface area contributed by atoms with E-state index in [2.05, 4.69) is 54.3 Å². The van der Waals surface area contributed by atoms with Crippen LogP contribution in [-0.4, -0.2) is 42.2 Å². The molecule has 2 amide bonds. The Morgan fingerprint density at radius 1 is 0.865 bits per heavy atom. The predicted molar refractivity (Wildman–Crippen MR) is 151 cm³/mol. The Hall–Kier alpha value is -3.09. The number of fused-ring (bicyclic) bond motifs is 2. The van der Waals surface area contributed by atoms with Gasteiger partial charge in [-0.3, -0.25) is 24.3 Å². The highest BCUT2D eigenvalue weighted by Gasteiger charge is 2.61. The maximum atomic E-state index is 14.3. The van der Waals surface area contributed by atoms with Crippen molar-refractivity contribution in [2.24, 2.45) is 5.92 Å². The molecule has 3 aliphatic heterocycles. The summed E-state index contributed by atoms with van der Waals surface area (Å²) in [4.78, 5) is 32.6. The van der Waals surface area contributed by atoms with Crippen molar-refractivity contribution in [1.29, 1.82) is 0 Å². The summed E-state index contributed by atoms with van der Waals surface area (Å²) in [6.45, 7) is 4.63. The summed E-state index contributed by atoms with van der Waals surface area (Å²) in [5, 5.41) is 0. The van der Waals surface area contributed by atoms with Crippen LogP contribution in [0.4, 0.5) is 11.4 Å². The lowest BCUT2D eigenvalue weighted by atomic mass is 9.90. The second kappa shape index (κ2) is 9.99. The van der Waals surface area contributed by atoms with Crippen molar-refractivity contribution in [3.8, 4) is 0 Å². The summed E-state index contributed by atoms with van der Waals surface area (Å²) in [6, 6.07) is 26.9. The number of rotatable bonds is 6. The average molecular weight is 512 g/mol. The number of carbonyl (C=O) groups is 2. The smallest absolute Gasteiger partial charge is 0.269 e. The lowest BCUT2D eigenvalue weighted by Gasteiger charge is -2.36. The van der Waals surface area contributed by atoms with Gasteiger partial charge in [-0.2, -0.15) is 0 Å². The van der Waals surface area contributed by atoms with Crippen LogP contribution in [0.25, 0.3) is 0 Å². The molecule has 0 N–H and O–H groups in total. The van der Waals surface area contributed by atoms with Gasteiger partial charge in [-0.05, 0) is 60.9 Å². The van der Waals surface area contributed by atoms with Crippen LogP contribution in [-0.2, 0) is 27.3 Å². The summed E-state index contributed by atoms with van der Waals surface area (Å²) in [5.74, 6) is 0.960. The first-order valence-electron chi connectivity index (χ1n) is 13.3. The molecule has 0 saturated carbocycles. The van der Waals surface area contributed by atoms with Gasteiger partial charge >= 0.3 is 0 Å². The second-order valence-electron chi connectivity index (χ2n) is 10.3. The highest BCUT2D eigenvalue weighted by Crippen LogP contribution is 2.55. The van der Waals surface area contributed by atoms with Gasteiger partial charge in [-0.25, -0.2) is 0 Å². The molecule has 3 aromatic carbocycles. The Kier molecular flexibility index (Phi) is 6.55. The summed E-state index contributed by atoms with van der Waals surface area (Å²) in [5.41, 5.74) is 5.26. The van der Waals surface area contributed by atoms with Gasteiger partial charge in [0.25, 0.3) is 5.91 Å². The van der Waals surface area contributed by atoms with Crippen molar-refractivity contribution < 1.29 is 9.59 Å². The minimum atomic E-state index is -1.03. The fourth-order valence-corrected chi connectivity index (χ4v) is 7.42. The number of hydrogen-bond acceptors (Lipinski definition) is 4. The summed E-state index contributed by atoms with van der Waals surface area (Å²) >= 11 is 1.46. The van der Waals surface area contributed by atoms with Gasteiger partial charge in [0.1, 0.15) is 0 Å². The van der Waals surface area contributed by atoms with Crippen LogP contribution in [0.15, 0.2) is 78.9 Å². The molecule has 0 radical (unpaired) electrons. The molecule has 2 fully saturated rings. The Balaban J connectivity index is 1.23. The standard InChI is InChI=1S/C31H33N3O2S/c1-2-23-12-14-26(15-13-23)34-29(35)21-37-31(34)27-10-6-7-11-28(27)33(30(31)36)22-32-18-16-25(17-19-32)20-24-8-4-3-5-9-24/h3-15,25H,2,16-22H2,1H3. The molecule has 37 heavy (non-hydrogen) atoms. The zero-order valence-electron chi connectivity index (χ0n) is 21.3. The van der Waals surface area contributed by atoms with Crippen molar-refractivity contribution in [3.63, 3.8) is 0 Å². The Morgan fingerprint density at radius 3 is 2.30 bits per heavy atom. The molecule has 5 nitrogen and oxygen atoms in total. The van der Waals surface area contributed by atoms with Crippen molar-refractivity contribution in [3.05, 3.63) is 95.6 Å². The van der Waals surface area contributed by atoms with Crippen LogP contribution in [0.5, 0.6) is 0 Å². The van der Waals surface area contributed by atoms with Crippen LogP contribution >= 0.6 is 11.8 Å². The van der Waals surface area contributed by atoms with E-state index < -0.39 is 4.87 Å². The van der Waals surface area contributed by atoms with Crippen LogP contribution < -0.4 is 9.80 Å². The molecule has 190 valence electrons. The number of anilines is 2. The van der Waals surface area contributed by atoms with Crippen molar-refractivity contribution in [1.82, 2.24) is 4.90 Å². The molecule has 0 aromatic heterocycles. The number of hydrogen-bond donors (Lipinski definition) is 0. The average Bonchev–Trinajstić information content (AvgIpc) is 3.41. The molecule has 1 spiro atoms. The van der Waals surface area contributed by atoms with Gasteiger partial charge in [-0.15, -0.1) is 11.8 Å². The molecule has 6 rings (SSSR count). The number of likely N-dealkylation sites (tertiary alicyclic amines) is 1. The molecule has 3 aromatic rings. The summed E-state index contributed by atoms with van der Waals surface area (Å²) in [6.07, 6.45) is 4.32. The predicted octanol–water partition coefficient (Wildman–Crippen LogP) is 5.44. The maximum Gasteiger partial charge on any atom is 0.269 e. The number of amides is 2. The molecular formula is C31H33N3O2S. The molecule has 6 heteroatoms. The van der Waals surface area contributed by atoms with E-state index >= 15 is 0 Å². The number of para-hydroxylation sites is 1. The molecule has 0 aliphatic carbocycles. The van der Waals surface area contributed by atoms with Crippen molar-refractivity contribution >= 4 is 35.0 Å². The first-order chi connectivity index (χ1) is 18.1. The van der Waals surface area contributed by atoms with Gasteiger partial charge in [0.05, 0.1) is 18.1 Å². The summed E-state index contributed by atoms with van der Waals surface area (Å²) in [7, 11) is 0. The van der Waals surface area contributed by atoms with E-state index in [9.17, 15) is 9.59 Å². The number of thioether (sulfide) groups is 1. The zero-order chi connectivity index (χ0) is 25.4. The van der Waals surface area contributed by atoms with E-state index in [0.29, 0.717) is 18.3 Å². The van der Waals surface area contributed by atoms with Crippen LogP contribution in [0.3, 0.4) is 0 Å². The lowest BCUT2D eigenvalue weighted by Crippen LogP contribution is -2.52. The van der Waals surface area contributed by atoms with Gasteiger partial charge in [0.2, 0.25) is 10.8 Å². The molecule has 3 heterocycles. The number of nitrogens with zero attached hydrogens (tertiary/aromatic N) is 3. The van der Waals surface area contributed by atoms with Crippen LogP contribution in [0.2, 0.25) is 0 Å². The highest BCUT2D eigenvalue weighted by atomic mass is 32.2. The maximum absolute atomic E-state index is 14.3. The third-order valence-electron chi connectivity index (χ3n) is 8.08. The van der Waals surface area contributed by atoms with Gasteiger partial charge in [0, 0.05) is 24.3 Å². The van der Waals surface area contributed by atoms with E-state index in [-0.39, 0.29) is 11.8 Å². The van der Waals surface area contributed by atoms with Gasteiger partial charge < -0.3 is 0 Å². The molecule has 0 bridgehead atoms. The van der Waals surface area contributed by atoms with Crippen molar-refractivity contribution in [2.75, 3.05) is 35.3 Å². The fourth-order valence-electron chi connectivity index (χ4n) is 6.06.